The topological polar surface area (TPSA) is 69.7 Å². The van der Waals surface area contributed by atoms with Crippen molar-refractivity contribution in [2.75, 3.05) is 34.3 Å². The van der Waals surface area contributed by atoms with Crippen LogP contribution >= 0.6 is 11.8 Å². The number of fused-ring (bicyclic) bond motifs is 1. The van der Waals surface area contributed by atoms with E-state index in [2.05, 4.69) is 5.32 Å². The molecule has 0 atom stereocenters. The first kappa shape index (κ1) is 16.7. The van der Waals surface area contributed by atoms with Crippen LogP contribution in [-0.4, -0.2) is 34.7 Å². The van der Waals surface area contributed by atoms with Gasteiger partial charge in [0.1, 0.15) is 0 Å². The summed E-state index contributed by atoms with van der Waals surface area (Å²) in [5.41, 5.74) is 2.22. The van der Waals surface area contributed by atoms with E-state index < -0.39 is 10.2 Å². The lowest BCUT2D eigenvalue weighted by Gasteiger charge is -2.13. The van der Waals surface area contributed by atoms with E-state index >= 15 is 0 Å². The third-order valence-corrected chi connectivity index (χ3v) is 6.44. The van der Waals surface area contributed by atoms with Gasteiger partial charge in [0, 0.05) is 30.2 Å². The van der Waals surface area contributed by atoms with Crippen LogP contribution in [-0.2, 0) is 10.2 Å². The van der Waals surface area contributed by atoms with Crippen LogP contribution in [0.3, 0.4) is 0 Å². The summed E-state index contributed by atoms with van der Waals surface area (Å²) in [7, 11) is -0.523. The van der Waals surface area contributed by atoms with Gasteiger partial charge in [-0.05, 0) is 42.7 Å². The van der Waals surface area contributed by atoms with Gasteiger partial charge < -0.3 is 5.32 Å². The monoisotopic (exact) mass is 363 g/mol. The van der Waals surface area contributed by atoms with E-state index in [9.17, 15) is 13.2 Å². The van der Waals surface area contributed by atoms with E-state index in [1.165, 1.54) is 22.7 Å². The molecule has 3 rings (SSSR count). The van der Waals surface area contributed by atoms with E-state index in [1.54, 1.807) is 36.0 Å². The van der Waals surface area contributed by atoms with Crippen molar-refractivity contribution in [3.8, 4) is 0 Å². The molecule has 1 heterocycles. The Bertz CT molecular complexity index is 913. The maximum absolute atomic E-state index is 12.4. The van der Waals surface area contributed by atoms with Crippen LogP contribution in [0.15, 0.2) is 47.4 Å². The predicted octanol–water partition coefficient (Wildman–Crippen LogP) is 2.79. The summed E-state index contributed by atoms with van der Waals surface area (Å²) in [5, 5.41) is 2.81. The number of thioether (sulfide) groups is 1. The van der Waals surface area contributed by atoms with Gasteiger partial charge in [-0.2, -0.15) is 8.42 Å². The lowest BCUT2D eigenvalue weighted by atomic mass is 10.2. The molecule has 0 saturated carbocycles. The van der Waals surface area contributed by atoms with Crippen LogP contribution in [0.4, 0.5) is 17.1 Å². The van der Waals surface area contributed by atoms with Gasteiger partial charge in [0.15, 0.2) is 0 Å². The molecule has 1 aliphatic heterocycles. The number of benzene rings is 2. The van der Waals surface area contributed by atoms with Gasteiger partial charge in [-0.1, -0.05) is 6.07 Å². The molecular formula is C16H17N3O3S2. The van der Waals surface area contributed by atoms with Gasteiger partial charge in [0.2, 0.25) is 0 Å². The number of rotatable bonds is 3. The van der Waals surface area contributed by atoms with Gasteiger partial charge in [-0.15, -0.1) is 11.8 Å². The minimum atomic E-state index is -3.52. The Labute approximate surface area is 145 Å². The number of carbonyl (C=O) groups excluding carboxylic acids is 1. The molecule has 0 unspecified atom stereocenters. The van der Waals surface area contributed by atoms with E-state index in [0.29, 0.717) is 22.6 Å². The molecule has 0 fully saturated rings. The average molecular weight is 363 g/mol. The smallest absolute Gasteiger partial charge is 0.322 e. The molecule has 0 radical (unpaired) electrons. The van der Waals surface area contributed by atoms with Crippen molar-refractivity contribution in [1.82, 2.24) is 0 Å². The summed E-state index contributed by atoms with van der Waals surface area (Å²) in [6, 6.07) is 12.4. The third-order valence-electron chi connectivity index (χ3n) is 3.94. The Balaban J connectivity index is 1.88. The Hall–Kier alpha value is -2.19. The summed E-state index contributed by atoms with van der Waals surface area (Å²) in [4.78, 5) is 13.4. The van der Waals surface area contributed by atoms with Crippen LogP contribution < -0.4 is 13.9 Å². The molecule has 1 amide bonds. The van der Waals surface area contributed by atoms with E-state index in [-0.39, 0.29) is 5.91 Å². The van der Waals surface area contributed by atoms with Crippen LogP contribution in [0, 0.1) is 0 Å². The fourth-order valence-electron chi connectivity index (χ4n) is 2.52. The van der Waals surface area contributed by atoms with Gasteiger partial charge in [0.25, 0.3) is 5.91 Å². The summed E-state index contributed by atoms with van der Waals surface area (Å²) < 4.78 is 26.7. The summed E-state index contributed by atoms with van der Waals surface area (Å²) >= 11 is 1.56. The normalized spacial score (nSPS) is 15.3. The number of hydrogen-bond donors (Lipinski definition) is 1. The fourth-order valence-corrected chi connectivity index (χ4v) is 4.14. The molecule has 0 aromatic heterocycles. The standard InChI is InChI=1S/C16H17N3O3S2/c1-18-14-8-7-12(10-15(14)19(2)24(18,21)22)17-16(20)11-5-4-6-13(9-11)23-3/h4-10H,1-3H3,(H,17,20). The minimum absolute atomic E-state index is 0.234. The van der Waals surface area contributed by atoms with Crippen molar-refractivity contribution >= 4 is 44.9 Å². The largest absolute Gasteiger partial charge is 0.326 e. The molecule has 8 heteroatoms. The van der Waals surface area contributed by atoms with Crippen molar-refractivity contribution in [2.24, 2.45) is 0 Å². The Morgan fingerprint density at radius 2 is 1.75 bits per heavy atom. The van der Waals surface area contributed by atoms with Crippen molar-refractivity contribution in [3.63, 3.8) is 0 Å². The molecular weight excluding hydrogens is 346 g/mol. The number of hydrogen-bond acceptors (Lipinski definition) is 4. The molecule has 0 saturated heterocycles. The van der Waals surface area contributed by atoms with Crippen molar-refractivity contribution in [1.29, 1.82) is 0 Å². The van der Waals surface area contributed by atoms with Crippen molar-refractivity contribution in [2.45, 2.75) is 4.90 Å². The Morgan fingerprint density at radius 1 is 1.04 bits per heavy atom. The molecule has 0 aliphatic carbocycles. The number of anilines is 3. The maximum Gasteiger partial charge on any atom is 0.326 e. The van der Waals surface area contributed by atoms with Gasteiger partial charge in [-0.25, -0.2) is 0 Å². The Kier molecular flexibility index (Phi) is 4.18. The number of carbonyl (C=O) groups is 1. The van der Waals surface area contributed by atoms with Crippen LogP contribution in [0.2, 0.25) is 0 Å². The average Bonchev–Trinajstić information content (AvgIpc) is 2.75. The second-order valence-corrected chi connectivity index (χ2v) is 8.20. The molecule has 6 nitrogen and oxygen atoms in total. The molecule has 0 spiro atoms. The SMILES string of the molecule is CSc1cccc(C(=O)Nc2ccc3c(c2)N(C)S(=O)(=O)N3C)c1. The molecule has 1 N–H and O–H groups in total. The van der Waals surface area contributed by atoms with Crippen LogP contribution in [0.25, 0.3) is 0 Å². The van der Waals surface area contributed by atoms with E-state index in [1.807, 2.05) is 24.5 Å². The highest BCUT2D eigenvalue weighted by Crippen LogP contribution is 2.40. The molecule has 24 heavy (non-hydrogen) atoms. The first-order chi connectivity index (χ1) is 11.3. The molecule has 2 aromatic rings. The van der Waals surface area contributed by atoms with Gasteiger partial charge >= 0.3 is 10.2 Å². The highest BCUT2D eigenvalue weighted by molar-refractivity contribution is 7.98. The first-order valence-corrected chi connectivity index (χ1v) is 9.79. The van der Waals surface area contributed by atoms with Gasteiger partial charge in [-0.3, -0.25) is 13.4 Å². The zero-order valence-electron chi connectivity index (χ0n) is 13.5. The zero-order chi connectivity index (χ0) is 17.5. The highest BCUT2D eigenvalue weighted by atomic mass is 32.2. The zero-order valence-corrected chi connectivity index (χ0v) is 15.1. The Morgan fingerprint density at radius 3 is 2.46 bits per heavy atom. The number of amides is 1. The lowest BCUT2D eigenvalue weighted by molar-refractivity contribution is 0.102. The first-order valence-electron chi connectivity index (χ1n) is 7.17. The van der Waals surface area contributed by atoms with E-state index in [0.717, 1.165) is 4.90 Å². The number of nitrogens with zero attached hydrogens (tertiary/aromatic N) is 2. The van der Waals surface area contributed by atoms with Crippen LogP contribution in [0.5, 0.6) is 0 Å². The number of nitrogens with one attached hydrogen (secondary N) is 1. The summed E-state index contributed by atoms with van der Waals surface area (Å²) in [6.07, 6.45) is 1.95. The lowest BCUT2D eigenvalue weighted by Crippen LogP contribution is -2.32. The fraction of sp³-hybridized carbons (Fsp3) is 0.188. The quantitative estimate of drug-likeness (QED) is 0.852. The third kappa shape index (κ3) is 2.71. The molecule has 1 aliphatic rings. The summed E-state index contributed by atoms with van der Waals surface area (Å²) in [6.45, 7) is 0. The van der Waals surface area contributed by atoms with Crippen molar-refractivity contribution < 1.29 is 13.2 Å². The molecule has 126 valence electrons. The summed E-state index contributed by atoms with van der Waals surface area (Å²) in [5.74, 6) is -0.234. The van der Waals surface area contributed by atoms with Crippen molar-refractivity contribution in [3.05, 3.63) is 48.0 Å². The predicted molar refractivity (Wildman–Crippen MR) is 98.3 cm³/mol. The maximum atomic E-state index is 12.4. The second kappa shape index (κ2) is 6.03. The van der Waals surface area contributed by atoms with Gasteiger partial charge in [0.05, 0.1) is 11.4 Å². The second-order valence-electron chi connectivity index (χ2n) is 5.33. The highest BCUT2D eigenvalue weighted by Gasteiger charge is 2.35. The molecule has 2 aromatic carbocycles. The minimum Gasteiger partial charge on any atom is -0.322 e. The van der Waals surface area contributed by atoms with Crippen LogP contribution in [0.1, 0.15) is 10.4 Å². The van der Waals surface area contributed by atoms with E-state index in [4.69, 9.17) is 0 Å². The molecule has 0 bridgehead atoms.